The van der Waals surface area contributed by atoms with Gasteiger partial charge in [0.05, 0.1) is 0 Å². The first-order valence-electron chi connectivity index (χ1n) is 2.01. The molecule has 0 aliphatic heterocycles. The van der Waals surface area contributed by atoms with Crippen LogP contribution in [0.3, 0.4) is 0 Å². The van der Waals surface area contributed by atoms with E-state index in [9.17, 15) is 0 Å². The molecular weight excluding hydrogens is 204 g/mol. The van der Waals surface area contributed by atoms with Crippen molar-refractivity contribution in [2.24, 2.45) is 5.73 Å². The molecule has 0 saturated carbocycles. The van der Waals surface area contributed by atoms with Crippen LogP contribution in [0, 0.1) is 0 Å². The predicted octanol–water partition coefficient (Wildman–Crippen LogP) is 1.01. The van der Waals surface area contributed by atoms with Gasteiger partial charge in [-0.2, -0.15) is 0 Å². The highest BCUT2D eigenvalue weighted by Gasteiger charge is 1.79. The summed E-state index contributed by atoms with van der Waals surface area (Å²) in [6.07, 6.45) is 2.01. The van der Waals surface area contributed by atoms with Crippen LogP contribution in [0.1, 0.15) is 0 Å². The minimum Gasteiger partial charge on any atom is -0.372 e. The fraction of sp³-hybridized carbons (Fsp3) is 0. The second kappa shape index (κ2) is 5.71. The summed E-state index contributed by atoms with van der Waals surface area (Å²) < 4.78 is 0.947. The summed E-state index contributed by atoms with van der Waals surface area (Å²) in [7, 11) is 0. The molecule has 1 aromatic rings. The Kier molecular flexibility index (Phi) is 5.45. The first kappa shape index (κ1) is 8.58. The molecule has 0 aromatic carbocycles. The Morgan fingerprint density at radius 1 is 1.89 bits per heavy atom. The Labute approximate surface area is 65.0 Å². The van der Waals surface area contributed by atoms with E-state index in [0.717, 1.165) is 3.92 Å². The average molecular weight is 209 g/mol. The highest BCUT2D eigenvalue weighted by atomic mass is 79.9. The monoisotopic (exact) mass is 208 g/mol. The highest BCUT2D eigenvalue weighted by Crippen LogP contribution is 2.10. The maximum Gasteiger partial charge on any atom is 0.204 e. The molecule has 0 bridgehead atoms. The second-order valence-corrected chi connectivity index (χ2v) is 3.09. The fourth-order valence-electron chi connectivity index (χ4n) is 0.206. The standard InChI is InChI=1S/C3H2BrNS.CH3NO/c4-3-5-1-2-6-3;2-1-3/h1-2H;1H,(H2,2,3). The third kappa shape index (κ3) is 5.45. The molecule has 2 N–H and O–H groups in total. The normalized spacial score (nSPS) is 7.22. The lowest BCUT2D eigenvalue weighted by Gasteiger charge is -1.61. The number of carbonyl (C=O) groups is 1. The molecule has 0 unspecified atom stereocenters. The third-order valence-corrected chi connectivity index (χ3v) is 1.73. The second-order valence-electron chi connectivity index (χ2n) is 0.921. The quantitative estimate of drug-likeness (QED) is 0.648. The van der Waals surface area contributed by atoms with E-state index in [-0.39, 0.29) is 6.41 Å². The summed E-state index contributed by atoms with van der Waals surface area (Å²) in [6, 6.07) is 0. The van der Waals surface area contributed by atoms with Gasteiger partial charge in [-0.1, -0.05) is 0 Å². The number of primary amides is 1. The van der Waals surface area contributed by atoms with Crippen molar-refractivity contribution in [2.75, 3.05) is 0 Å². The Bertz CT molecular complexity index is 154. The van der Waals surface area contributed by atoms with Crippen molar-refractivity contribution in [3.05, 3.63) is 15.5 Å². The Morgan fingerprint density at radius 3 is 2.56 bits per heavy atom. The van der Waals surface area contributed by atoms with Gasteiger partial charge in [-0.25, -0.2) is 4.98 Å². The number of nitrogens with two attached hydrogens (primary N) is 1. The van der Waals surface area contributed by atoms with E-state index in [2.05, 4.69) is 26.6 Å². The van der Waals surface area contributed by atoms with E-state index >= 15 is 0 Å². The van der Waals surface area contributed by atoms with E-state index in [1.54, 1.807) is 17.5 Å². The van der Waals surface area contributed by atoms with Crippen molar-refractivity contribution in [1.29, 1.82) is 0 Å². The predicted molar refractivity (Wildman–Crippen MR) is 40.1 cm³/mol. The Morgan fingerprint density at radius 2 is 2.44 bits per heavy atom. The molecule has 1 heterocycles. The van der Waals surface area contributed by atoms with Crippen LogP contribution in [0.2, 0.25) is 0 Å². The molecule has 1 aromatic heterocycles. The van der Waals surface area contributed by atoms with E-state index in [0.29, 0.717) is 0 Å². The number of thiazole rings is 1. The molecule has 1 rings (SSSR count). The van der Waals surface area contributed by atoms with Crippen molar-refractivity contribution in [2.45, 2.75) is 0 Å². The van der Waals surface area contributed by atoms with Crippen LogP contribution in [0.5, 0.6) is 0 Å². The number of nitrogens with zero attached hydrogens (tertiary/aromatic N) is 1. The third-order valence-electron chi connectivity index (χ3n) is 0.402. The van der Waals surface area contributed by atoms with E-state index < -0.39 is 0 Å². The van der Waals surface area contributed by atoms with E-state index in [1.807, 2.05) is 5.38 Å². The minimum atomic E-state index is 0.250. The van der Waals surface area contributed by atoms with Crippen molar-refractivity contribution in [3.8, 4) is 0 Å². The SMILES string of the molecule is Brc1nccs1.NC=O. The molecule has 0 radical (unpaired) electrons. The zero-order valence-corrected chi connectivity index (χ0v) is 6.85. The van der Waals surface area contributed by atoms with Crippen LogP contribution in [-0.2, 0) is 4.79 Å². The smallest absolute Gasteiger partial charge is 0.204 e. The molecule has 0 atom stereocenters. The van der Waals surface area contributed by atoms with Gasteiger partial charge in [0.15, 0.2) is 3.92 Å². The molecule has 0 saturated heterocycles. The van der Waals surface area contributed by atoms with Gasteiger partial charge in [-0.3, -0.25) is 4.79 Å². The van der Waals surface area contributed by atoms with Crippen LogP contribution in [0.25, 0.3) is 0 Å². The molecule has 0 aliphatic carbocycles. The topological polar surface area (TPSA) is 56.0 Å². The zero-order chi connectivity index (χ0) is 7.11. The molecule has 50 valence electrons. The Hall–Kier alpha value is -0.420. The van der Waals surface area contributed by atoms with Crippen molar-refractivity contribution in [1.82, 2.24) is 4.98 Å². The van der Waals surface area contributed by atoms with Crippen molar-refractivity contribution >= 4 is 33.7 Å². The molecule has 3 nitrogen and oxygen atoms in total. The van der Waals surface area contributed by atoms with Gasteiger partial charge >= 0.3 is 0 Å². The zero-order valence-electron chi connectivity index (χ0n) is 4.45. The first-order chi connectivity index (χ1) is 4.31. The number of hydrogen-bond acceptors (Lipinski definition) is 3. The van der Waals surface area contributed by atoms with Crippen LogP contribution in [-0.4, -0.2) is 11.4 Å². The summed E-state index contributed by atoms with van der Waals surface area (Å²) in [5.74, 6) is 0. The van der Waals surface area contributed by atoms with Crippen molar-refractivity contribution in [3.63, 3.8) is 0 Å². The maximum atomic E-state index is 8.58. The largest absolute Gasteiger partial charge is 0.372 e. The Balaban J connectivity index is 0.000000187. The van der Waals surface area contributed by atoms with Crippen molar-refractivity contribution < 1.29 is 4.79 Å². The minimum absolute atomic E-state index is 0.250. The highest BCUT2D eigenvalue weighted by molar-refractivity contribution is 9.11. The number of hydrogen-bond donors (Lipinski definition) is 1. The number of amides is 1. The van der Waals surface area contributed by atoms with Crippen LogP contribution in [0.15, 0.2) is 15.5 Å². The van der Waals surface area contributed by atoms with Crippen LogP contribution >= 0.6 is 27.3 Å². The van der Waals surface area contributed by atoms with Gasteiger partial charge in [-0.05, 0) is 15.9 Å². The summed E-state index contributed by atoms with van der Waals surface area (Å²) >= 11 is 4.77. The lowest BCUT2D eigenvalue weighted by atomic mass is 11.0. The first-order valence-corrected chi connectivity index (χ1v) is 3.69. The number of halogens is 1. The van der Waals surface area contributed by atoms with Crippen LogP contribution in [0.4, 0.5) is 0 Å². The number of carbonyl (C=O) groups excluding carboxylic acids is 1. The van der Waals surface area contributed by atoms with Gasteiger partial charge in [-0.15, -0.1) is 11.3 Å². The van der Waals surface area contributed by atoms with Gasteiger partial charge in [0.1, 0.15) is 0 Å². The number of aromatic nitrogens is 1. The maximum absolute atomic E-state index is 8.58. The van der Waals surface area contributed by atoms with Gasteiger partial charge < -0.3 is 5.73 Å². The average Bonchev–Trinajstić information content (AvgIpc) is 2.20. The lowest BCUT2D eigenvalue weighted by molar-refractivity contribution is -0.106. The summed E-state index contributed by atoms with van der Waals surface area (Å²) in [4.78, 5) is 12.4. The van der Waals surface area contributed by atoms with Crippen LogP contribution < -0.4 is 5.73 Å². The van der Waals surface area contributed by atoms with Gasteiger partial charge in [0.2, 0.25) is 6.41 Å². The molecule has 1 amide bonds. The van der Waals surface area contributed by atoms with E-state index in [4.69, 9.17) is 4.79 Å². The van der Waals surface area contributed by atoms with Gasteiger partial charge in [0, 0.05) is 11.6 Å². The number of rotatable bonds is 0. The molecule has 0 aliphatic rings. The summed E-state index contributed by atoms with van der Waals surface area (Å²) in [5.41, 5.74) is 4.17. The molecule has 0 fully saturated rings. The molecular formula is C4H5BrN2OS. The molecule has 0 spiro atoms. The van der Waals surface area contributed by atoms with Gasteiger partial charge in [0.25, 0.3) is 0 Å². The lowest BCUT2D eigenvalue weighted by Crippen LogP contribution is -1.82. The van der Waals surface area contributed by atoms with E-state index in [1.165, 1.54) is 0 Å². The fourth-order valence-corrected chi connectivity index (χ4v) is 1.00. The summed E-state index contributed by atoms with van der Waals surface area (Å²) in [5, 5.41) is 1.92. The molecule has 9 heavy (non-hydrogen) atoms. The summed E-state index contributed by atoms with van der Waals surface area (Å²) in [6.45, 7) is 0. The molecule has 5 heteroatoms.